The molecule has 0 amide bonds. The van der Waals surface area contributed by atoms with Crippen LogP contribution in [0.5, 0.6) is 23.0 Å². The Balaban J connectivity index is 0.00000225. The van der Waals surface area contributed by atoms with Crippen LogP contribution < -0.4 is 21.9 Å². The maximum atomic E-state index is 10.1. The Morgan fingerprint density at radius 2 is 1.68 bits per heavy atom. The molecule has 0 aliphatic carbocycles. The molecular formula is C19H22ClNO4. The zero-order chi connectivity index (χ0) is 17.3. The zero-order valence-corrected chi connectivity index (χ0v) is 15.3. The number of phenols is 2. The summed E-state index contributed by atoms with van der Waals surface area (Å²) in [5, 5.41) is 20.1. The molecule has 1 aliphatic heterocycles. The van der Waals surface area contributed by atoms with E-state index in [4.69, 9.17) is 9.47 Å². The molecule has 0 atom stereocenters. The minimum atomic E-state index is 0. The van der Waals surface area contributed by atoms with E-state index in [0.29, 0.717) is 17.9 Å². The lowest BCUT2D eigenvalue weighted by molar-refractivity contribution is -0.498. The third kappa shape index (κ3) is 3.66. The standard InChI is InChI=1S/C19H21NO4.ClH/c1-20-7-6-13-10-19(24-3)17(22)11-14(13)15(20)8-12-4-5-18(23-2)16(21)9-12;/h4-5,9-11H,6-8H2,1-3H3,(H-,21,22);1H. The second-order valence-corrected chi connectivity index (χ2v) is 5.98. The summed E-state index contributed by atoms with van der Waals surface area (Å²) in [6.45, 7) is 0.901. The minimum absolute atomic E-state index is 0. The Kier molecular flexibility index (Phi) is 5.80. The van der Waals surface area contributed by atoms with Crippen LogP contribution in [0, 0.1) is 0 Å². The topological polar surface area (TPSA) is 61.9 Å². The van der Waals surface area contributed by atoms with Crippen LogP contribution in [-0.4, -0.2) is 48.3 Å². The summed E-state index contributed by atoms with van der Waals surface area (Å²) in [6.07, 6.45) is 1.56. The van der Waals surface area contributed by atoms with Crippen molar-refractivity contribution in [3.05, 3.63) is 47.0 Å². The van der Waals surface area contributed by atoms with Gasteiger partial charge in [0.25, 0.3) is 0 Å². The molecule has 1 heterocycles. The van der Waals surface area contributed by atoms with Gasteiger partial charge in [0.1, 0.15) is 13.6 Å². The first-order chi connectivity index (χ1) is 11.5. The van der Waals surface area contributed by atoms with E-state index in [2.05, 4.69) is 4.58 Å². The Morgan fingerprint density at radius 3 is 2.32 bits per heavy atom. The fourth-order valence-electron chi connectivity index (χ4n) is 3.15. The quantitative estimate of drug-likeness (QED) is 0.709. The average Bonchev–Trinajstić information content (AvgIpc) is 2.57. The summed E-state index contributed by atoms with van der Waals surface area (Å²) in [5.74, 6) is 1.23. The molecule has 3 rings (SSSR count). The number of hydrogen-bond donors (Lipinski definition) is 2. The van der Waals surface area contributed by atoms with Gasteiger partial charge in [-0.05, 0) is 35.4 Å². The number of nitrogens with zero attached hydrogens (tertiary/aromatic N) is 1. The van der Waals surface area contributed by atoms with Crippen molar-refractivity contribution in [2.75, 3.05) is 27.8 Å². The lowest BCUT2D eigenvalue weighted by Crippen LogP contribution is -3.00. The third-order valence-electron chi connectivity index (χ3n) is 4.51. The van der Waals surface area contributed by atoms with Crippen LogP contribution in [0.25, 0.3) is 0 Å². The van der Waals surface area contributed by atoms with Crippen molar-refractivity contribution in [3.8, 4) is 23.0 Å². The van der Waals surface area contributed by atoms with Gasteiger partial charge in [-0.1, -0.05) is 6.07 Å². The third-order valence-corrected chi connectivity index (χ3v) is 4.51. The predicted molar refractivity (Wildman–Crippen MR) is 91.9 cm³/mol. The molecule has 0 fully saturated rings. The molecule has 2 N–H and O–H groups in total. The van der Waals surface area contributed by atoms with Gasteiger partial charge in [-0.15, -0.1) is 0 Å². The van der Waals surface area contributed by atoms with E-state index in [1.807, 2.05) is 19.2 Å². The molecule has 25 heavy (non-hydrogen) atoms. The van der Waals surface area contributed by atoms with Gasteiger partial charge in [-0.2, -0.15) is 0 Å². The molecule has 2 aromatic rings. The molecule has 0 aromatic heterocycles. The molecule has 134 valence electrons. The van der Waals surface area contributed by atoms with Gasteiger partial charge in [0, 0.05) is 12.0 Å². The number of halogens is 1. The Hall–Kier alpha value is -2.40. The van der Waals surface area contributed by atoms with Crippen LogP contribution in [-0.2, 0) is 12.8 Å². The van der Waals surface area contributed by atoms with Crippen molar-refractivity contribution in [1.29, 1.82) is 0 Å². The Bertz CT molecular complexity index is 817. The van der Waals surface area contributed by atoms with Gasteiger partial charge < -0.3 is 32.1 Å². The molecule has 5 nitrogen and oxygen atoms in total. The molecule has 0 unspecified atom stereocenters. The summed E-state index contributed by atoms with van der Waals surface area (Å²) >= 11 is 0. The van der Waals surface area contributed by atoms with E-state index in [0.717, 1.165) is 35.4 Å². The number of phenolic OH excluding ortho intramolecular Hbond substituents is 2. The van der Waals surface area contributed by atoms with Gasteiger partial charge in [-0.3, -0.25) is 0 Å². The fourth-order valence-corrected chi connectivity index (χ4v) is 3.15. The number of ether oxygens (including phenoxy) is 2. The van der Waals surface area contributed by atoms with Crippen molar-refractivity contribution in [3.63, 3.8) is 0 Å². The Morgan fingerprint density at radius 1 is 1.00 bits per heavy atom. The first kappa shape index (κ1) is 18.9. The number of hydrogen-bond acceptors (Lipinski definition) is 4. The van der Waals surface area contributed by atoms with E-state index in [-0.39, 0.29) is 23.9 Å². The molecule has 0 saturated heterocycles. The van der Waals surface area contributed by atoms with Crippen LogP contribution in [0.1, 0.15) is 16.7 Å². The molecule has 2 aromatic carbocycles. The molecule has 6 heteroatoms. The fraction of sp³-hybridized carbons (Fsp3) is 0.316. The van der Waals surface area contributed by atoms with Crippen LogP contribution in [0.3, 0.4) is 0 Å². The van der Waals surface area contributed by atoms with Gasteiger partial charge in [0.2, 0.25) is 0 Å². The number of methoxy groups -OCH3 is 2. The van der Waals surface area contributed by atoms with Crippen LogP contribution in [0.4, 0.5) is 0 Å². The van der Waals surface area contributed by atoms with Crippen molar-refractivity contribution in [2.24, 2.45) is 0 Å². The number of rotatable bonds is 4. The minimum Gasteiger partial charge on any atom is -1.00 e. The molecular weight excluding hydrogens is 342 g/mol. The average molecular weight is 364 g/mol. The number of likely N-dealkylation sites (N-methyl/N-ethyl adjacent to an activating group) is 1. The second-order valence-electron chi connectivity index (χ2n) is 5.98. The highest BCUT2D eigenvalue weighted by atomic mass is 35.5. The predicted octanol–water partition coefficient (Wildman–Crippen LogP) is -0.651. The van der Waals surface area contributed by atoms with Crippen molar-refractivity contribution in [1.82, 2.24) is 0 Å². The number of fused-ring (bicyclic) bond motifs is 1. The zero-order valence-electron chi connectivity index (χ0n) is 14.5. The van der Waals surface area contributed by atoms with Crippen LogP contribution >= 0.6 is 0 Å². The van der Waals surface area contributed by atoms with Crippen LogP contribution in [0.2, 0.25) is 0 Å². The first-order valence-corrected chi connectivity index (χ1v) is 7.86. The van der Waals surface area contributed by atoms with E-state index in [9.17, 15) is 10.2 Å². The highest BCUT2D eigenvalue weighted by Crippen LogP contribution is 2.32. The lowest BCUT2D eigenvalue weighted by atomic mass is 9.92. The summed E-state index contributed by atoms with van der Waals surface area (Å²) in [5.41, 5.74) is 4.28. The maximum Gasteiger partial charge on any atom is 0.187 e. The van der Waals surface area contributed by atoms with Gasteiger partial charge >= 0.3 is 0 Å². The first-order valence-electron chi connectivity index (χ1n) is 7.86. The normalized spacial score (nSPS) is 13.1. The van der Waals surface area contributed by atoms with Gasteiger partial charge in [-0.25, -0.2) is 4.58 Å². The molecule has 0 radical (unpaired) electrons. The summed E-state index contributed by atoms with van der Waals surface area (Å²) in [7, 11) is 5.13. The smallest absolute Gasteiger partial charge is 0.187 e. The highest BCUT2D eigenvalue weighted by Gasteiger charge is 2.25. The van der Waals surface area contributed by atoms with Gasteiger partial charge in [0.05, 0.1) is 20.6 Å². The SMILES string of the molecule is COc1ccc(CC2=[N+](C)CCc3cc(OC)c(O)cc32)cc1O.[Cl-]. The van der Waals surface area contributed by atoms with Gasteiger partial charge in [0.15, 0.2) is 28.7 Å². The summed E-state index contributed by atoms with van der Waals surface area (Å²) in [6, 6.07) is 9.10. The van der Waals surface area contributed by atoms with Crippen LogP contribution in [0.15, 0.2) is 30.3 Å². The summed E-state index contributed by atoms with van der Waals surface area (Å²) < 4.78 is 12.5. The Labute approximate surface area is 153 Å². The summed E-state index contributed by atoms with van der Waals surface area (Å²) in [4.78, 5) is 0. The highest BCUT2D eigenvalue weighted by molar-refractivity contribution is 6.00. The van der Waals surface area contributed by atoms with E-state index in [1.54, 1.807) is 25.3 Å². The van der Waals surface area contributed by atoms with Crippen molar-refractivity contribution < 1.29 is 36.7 Å². The molecule has 0 bridgehead atoms. The largest absolute Gasteiger partial charge is 1.00 e. The lowest BCUT2D eigenvalue weighted by Gasteiger charge is -2.18. The second kappa shape index (κ2) is 7.66. The maximum absolute atomic E-state index is 10.1. The van der Waals surface area contributed by atoms with E-state index >= 15 is 0 Å². The van der Waals surface area contributed by atoms with E-state index < -0.39 is 0 Å². The molecule has 1 aliphatic rings. The van der Waals surface area contributed by atoms with Crippen molar-refractivity contribution >= 4 is 5.71 Å². The monoisotopic (exact) mass is 363 g/mol. The number of aromatic hydroxyl groups is 2. The molecule has 0 spiro atoms. The number of benzene rings is 2. The molecule has 0 saturated carbocycles. The van der Waals surface area contributed by atoms with E-state index in [1.165, 1.54) is 7.11 Å². The van der Waals surface area contributed by atoms with Crippen molar-refractivity contribution in [2.45, 2.75) is 12.8 Å².